The molecule has 4 rings (SSSR count). The molecule has 31 heavy (non-hydrogen) atoms. The minimum Gasteiger partial charge on any atom is -0.497 e. The van der Waals surface area contributed by atoms with Gasteiger partial charge < -0.3 is 10.1 Å². The van der Waals surface area contributed by atoms with Crippen LogP contribution in [0.4, 0.5) is 5.69 Å². The zero-order chi connectivity index (χ0) is 22.0. The van der Waals surface area contributed by atoms with Gasteiger partial charge in [-0.05, 0) is 41.6 Å². The molecule has 0 spiro atoms. The number of ether oxygens (including phenoxy) is 1. The number of thiophene rings is 1. The smallest absolute Gasteiger partial charge is 0.270 e. The van der Waals surface area contributed by atoms with Crippen molar-refractivity contribution in [1.29, 1.82) is 0 Å². The van der Waals surface area contributed by atoms with Gasteiger partial charge in [0.1, 0.15) is 10.6 Å². The SMILES string of the molecule is COc1cccc(CN/C=C2/C(=O)c3sccc3N(Cc3ccc(C)cc3)S2(=O)=O)c1. The van der Waals surface area contributed by atoms with Gasteiger partial charge in [-0.2, -0.15) is 0 Å². The zero-order valence-electron chi connectivity index (χ0n) is 17.2. The first kappa shape index (κ1) is 21.1. The number of hydrogen-bond donors (Lipinski definition) is 1. The molecule has 0 unspecified atom stereocenters. The lowest BCUT2D eigenvalue weighted by atomic mass is 10.1. The Labute approximate surface area is 185 Å². The molecule has 0 fully saturated rings. The number of sulfonamides is 1. The number of benzene rings is 2. The summed E-state index contributed by atoms with van der Waals surface area (Å²) in [5.74, 6) is 0.226. The first-order chi connectivity index (χ1) is 14.9. The highest BCUT2D eigenvalue weighted by atomic mass is 32.2. The Morgan fingerprint density at radius 3 is 2.61 bits per heavy atom. The second-order valence-electron chi connectivity index (χ2n) is 7.20. The summed E-state index contributed by atoms with van der Waals surface area (Å²) in [5.41, 5.74) is 3.29. The van der Waals surface area contributed by atoms with E-state index in [1.54, 1.807) is 18.6 Å². The van der Waals surface area contributed by atoms with E-state index in [0.29, 0.717) is 22.9 Å². The molecule has 1 aliphatic heterocycles. The zero-order valence-corrected chi connectivity index (χ0v) is 18.8. The Morgan fingerprint density at radius 2 is 1.87 bits per heavy atom. The van der Waals surface area contributed by atoms with Crippen LogP contribution < -0.4 is 14.4 Å². The minimum absolute atomic E-state index is 0.160. The molecule has 3 aromatic rings. The normalized spacial score (nSPS) is 16.3. The Hall–Kier alpha value is -3.10. The fourth-order valence-electron chi connectivity index (χ4n) is 3.36. The lowest BCUT2D eigenvalue weighted by molar-refractivity contribution is 0.104. The third-order valence-electron chi connectivity index (χ3n) is 5.03. The van der Waals surface area contributed by atoms with E-state index in [4.69, 9.17) is 4.74 Å². The summed E-state index contributed by atoms with van der Waals surface area (Å²) in [7, 11) is -2.42. The third kappa shape index (κ3) is 4.22. The van der Waals surface area contributed by atoms with Crippen molar-refractivity contribution in [3.05, 3.63) is 92.6 Å². The Bertz CT molecular complexity index is 1240. The van der Waals surface area contributed by atoms with Crippen LogP contribution in [-0.2, 0) is 23.1 Å². The standard InChI is InChI=1S/C23H22N2O4S2/c1-16-6-8-17(9-7-16)15-25-20-10-11-30-23(20)22(26)21(31(25,27)28)14-24-13-18-4-3-5-19(12-18)29-2/h3-12,14,24H,13,15H2,1-2H3/b21-14-. The van der Waals surface area contributed by atoms with Gasteiger partial charge in [-0.3, -0.25) is 9.10 Å². The van der Waals surface area contributed by atoms with Crippen molar-refractivity contribution < 1.29 is 17.9 Å². The van der Waals surface area contributed by atoms with E-state index in [2.05, 4.69) is 5.32 Å². The molecule has 0 amide bonds. The number of aryl methyl sites for hydroxylation is 1. The first-order valence-corrected chi connectivity index (χ1v) is 12.0. The number of carbonyl (C=O) groups excluding carboxylic acids is 1. The predicted molar refractivity (Wildman–Crippen MR) is 123 cm³/mol. The van der Waals surface area contributed by atoms with E-state index < -0.39 is 15.8 Å². The van der Waals surface area contributed by atoms with Gasteiger partial charge in [0.2, 0.25) is 5.78 Å². The van der Waals surface area contributed by atoms with Gasteiger partial charge >= 0.3 is 0 Å². The summed E-state index contributed by atoms with van der Waals surface area (Å²) >= 11 is 1.25. The van der Waals surface area contributed by atoms with Crippen molar-refractivity contribution in [2.75, 3.05) is 11.4 Å². The molecule has 160 valence electrons. The maximum Gasteiger partial charge on any atom is 0.270 e. The number of Topliss-reactive ketones (excluding diaryl/α,β-unsaturated/α-hetero) is 1. The van der Waals surface area contributed by atoms with E-state index >= 15 is 0 Å². The summed E-state index contributed by atoms with van der Waals surface area (Å²) in [6.07, 6.45) is 1.31. The second-order valence-corrected chi connectivity index (χ2v) is 9.95. The topological polar surface area (TPSA) is 75.7 Å². The van der Waals surface area contributed by atoms with E-state index in [0.717, 1.165) is 16.7 Å². The van der Waals surface area contributed by atoms with E-state index in [1.165, 1.54) is 21.8 Å². The van der Waals surface area contributed by atoms with Gasteiger partial charge in [-0.15, -0.1) is 11.3 Å². The number of nitrogens with zero attached hydrogens (tertiary/aromatic N) is 1. The van der Waals surface area contributed by atoms with Gasteiger partial charge in [0, 0.05) is 12.7 Å². The summed E-state index contributed by atoms with van der Waals surface area (Å²) < 4.78 is 33.3. The van der Waals surface area contributed by atoms with Crippen LogP contribution in [-0.4, -0.2) is 21.3 Å². The van der Waals surface area contributed by atoms with Crippen molar-refractivity contribution in [3.63, 3.8) is 0 Å². The first-order valence-electron chi connectivity index (χ1n) is 9.67. The van der Waals surface area contributed by atoms with Crippen molar-refractivity contribution in [2.45, 2.75) is 20.0 Å². The van der Waals surface area contributed by atoms with Crippen molar-refractivity contribution in [1.82, 2.24) is 5.32 Å². The van der Waals surface area contributed by atoms with Crippen LogP contribution in [0, 0.1) is 6.92 Å². The number of ketones is 1. The summed E-state index contributed by atoms with van der Waals surface area (Å²) in [4.78, 5) is 13.1. The molecule has 2 heterocycles. The number of nitrogens with one attached hydrogen (secondary N) is 1. The van der Waals surface area contributed by atoms with Crippen LogP contribution in [0.3, 0.4) is 0 Å². The van der Waals surface area contributed by atoms with Gasteiger partial charge in [-0.25, -0.2) is 8.42 Å². The number of methoxy groups -OCH3 is 1. The van der Waals surface area contributed by atoms with Crippen molar-refractivity contribution in [3.8, 4) is 5.75 Å². The predicted octanol–water partition coefficient (Wildman–Crippen LogP) is 4.23. The number of hydrogen-bond acceptors (Lipinski definition) is 6. The fraction of sp³-hybridized carbons (Fsp3) is 0.174. The molecule has 0 radical (unpaired) electrons. The lowest BCUT2D eigenvalue weighted by Crippen LogP contribution is -2.38. The molecular weight excluding hydrogens is 432 g/mol. The summed E-state index contributed by atoms with van der Waals surface area (Å²) in [6, 6.07) is 16.8. The maximum absolute atomic E-state index is 13.4. The molecule has 1 aliphatic rings. The second kappa shape index (κ2) is 8.56. The molecule has 6 nitrogen and oxygen atoms in total. The largest absolute Gasteiger partial charge is 0.497 e. The third-order valence-corrected chi connectivity index (χ3v) is 7.70. The molecule has 0 saturated heterocycles. The van der Waals surface area contributed by atoms with E-state index in [9.17, 15) is 13.2 Å². The van der Waals surface area contributed by atoms with Gasteiger partial charge in [0.25, 0.3) is 10.0 Å². The number of allylic oxidation sites excluding steroid dienone is 1. The minimum atomic E-state index is -4.01. The summed E-state index contributed by atoms with van der Waals surface area (Å²) in [5, 5.41) is 4.73. The number of carbonyl (C=O) groups is 1. The fourth-order valence-corrected chi connectivity index (χ4v) is 5.87. The molecule has 1 aromatic heterocycles. The number of anilines is 1. The van der Waals surface area contributed by atoms with Crippen molar-refractivity contribution in [2.24, 2.45) is 0 Å². The van der Waals surface area contributed by atoms with Gasteiger partial charge in [0.05, 0.1) is 19.3 Å². The number of rotatable bonds is 6. The number of fused-ring (bicyclic) bond motifs is 1. The van der Waals surface area contributed by atoms with Gasteiger partial charge in [-0.1, -0.05) is 42.0 Å². The highest BCUT2D eigenvalue weighted by Crippen LogP contribution is 2.39. The average molecular weight is 455 g/mol. The molecule has 2 aromatic carbocycles. The molecule has 0 bridgehead atoms. The highest BCUT2D eigenvalue weighted by Gasteiger charge is 2.41. The maximum atomic E-state index is 13.4. The Kier molecular flexibility index (Phi) is 5.84. The Morgan fingerprint density at radius 1 is 1.10 bits per heavy atom. The van der Waals surface area contributed by atoms with Crippen LogP contribution in [0.2, 0.25) is 0 Å². The van der Waals surface area contributed by atoms with Gasteiger partial charge in [0.15, 0.2) is 4.91 Å². The Balaban J connectivity index is 1.64. The summed E-state index contributed by atoms with van der Waals surface area (Å²) in [6.45, 7) is 2.50. The molecular formula is C23H22N2O4S2. The molecule has 0 saturated carbocycles. The average Bonchev–Trinajstić information content (AvgIpc) is 3.25. The molecule has 0 atom stereocenters. The van der Waals surface area contributed by atoms with Crippen molar-refractivity contribution >= 4 is 32.8 Å². The quantitative estimate of drug-likeness (QED) is 0.564. The van der Waals surface area contributed by atoms with Crippen LogP contribution in [0.25, 0.3) is 0 Å². The molecule has 8 heteroatoms. The van der Waals surface area contributed by atoms with Crippen LogP contribution in [0.1, 0.15) is 26.4 Å². The van der Waals surface area contributed by atoms with Crippen LogP contribution in [0.5, 0.6) is 5.75 Å². The molecule has 0 aliphatic carbocycles. The van der Waals surface area contributed by atoms with E-state index in [1.807, 2.05) is 55.5 Å². The highest BCUT2D eigenvalue weighted by molar-refractivity contribution is 7.97. The van der Waals surface area contributed by atoms with Crippen LogP contribution >= 0.6 is 11.3 Å². The molecule has 1 N–H and O–H groups in total. The van der Waals surface area contributed by atoms with Crippen LogP contribution in [0.15, 0.2) is 71.1 Å². The lowest BCUT2D eigenvalue weighted by Gasteiger charge is -2.29. The van der Waals surface area contributed by atoms with E-state index in [-0.39, 0.29) is 11.4 Å². The monoisotopic (exact) mass is 454 g/mol.